The summed E-state index contributed by atoms with van der Waals surface area (Å²) in [5, 5.41) is 1.52. The molecule has 8 nitrogen and oxygen atoms in total. The molecule has 1 atom stereocenters. The minimum absolute atomic E-state index is 0.0391. The molecule has 0 aromatic heterocycles. The summed E-state index contributed by atoms with van der Waals surface area (Å²) in [5.74, 6) is -0.651. The second kappa shape index (κ2) is 13.7. The summed E-state index contributed by atoms with van der Waals surface area (Å²) < 4.78 is 41.4. The molecule has 0 aliphatic carbocycles. The van der Waals surface area contributed by atoms with Gasteiger partial charge in [0, 0.05) is 15.3 Å². The van der Waals surface area contributed by atoms with Gasteiger partial charge in [0.25, 0.3) is 0 Å². The molecule has 0 spiro atoms. The number of esters is 2. The average molecular weight is 618 g/mol. The molecule has 0 aliphatic rings. The number of carbonyl (C=O) groups is 2. The Hall–Kier alpha value is -3.79. The number of methoxy groups -OCH3 is 1. The van der Waals surface area contributed by atoms with Gasteiger partial charge < -0.3 is 23.7 Å². The Morgan fingerprint density at radius 3 is 2.32 bits per heavy atom. The molecule has 0 bridgehead atoms. The monoisotopic (exact) mass is 616 g/mol. The first-order valence-electron chi connectivity index (χ1n) is 12.5. The standard InChI is InChI=1S/C30H26Cl2O8S/c1-4-37-25-14-18-10-12-20(41(35)26-9-7-6-8-24(26)36-3)16-22(18)28(29(25)38-5-2)40-27(33)17-39-30(34)21-13-11-19(31)15-23(21)32/h6-16H,4-5,17H2,1-3H3. The topological polar surface area (TPSA) is 97.4 Å². The molecular formula is C30H26Cl2O8S. The van der Waals surface area contributed by atoms with Crippen LogP contribution in [0.25, 0.3) is 10.8 Å². The number of halogens is 2. The lowest BCUT2D eigenvalue weighted by Crippen LogP contribution is -2.19. The van der Waals surface area contributed by atoms with Crippen LogP contribution >= 0.6 is 23.2 Å². The van der Waals surface area contributed by atoms with Gasteiger partial charge >= 0.3 is 11.9 Å². The molecule has 4 aromatic carbocycles. The molecule has 0 saturated carbocycles. The number of benzene rings is 4. The van der Waals surface area contributed by atoms with E-state index in [4.69, 9.17) is 46.9 Å². The predicted molar refractivity (Wildman–Crippen MR) is 156 cm³/mol. The third-order valence-corrected chi connectivity index (χ3v) is 7.71. The van der Waals surface area contributed by atoms with Crippen molar-refractivity contribution < 1.29 is 37.5 Å². The van der Waals surface area contributed by atoms with E-state index in [0.29, 0.717) is 43.7 Å². The zero-order valence-electron chi connectivity index (χ0n) is 22.4. The Kier molecular flexibility index (Phi) is 10.1. The summed E-state index contributed by atoms with van der Waals surface area (Å²) in [7, 11) is -0.113. The second-order valence-electron chi connectivity index (χ2n) is 8.38. The number of hydrogen-bond acceptors (Lipinski definition) is 8. The molecule has 0 N–H and O–H groups in total. The van der Waals surface area contributed by atoms with Gasteiger partial charge in [-0.25, -0.2) is 13.8 Å². The zero-order chi connectivity index (χ0) is 29.5. The molecule has 4 aromatic rings. The molecule has 1 unspecified atom stereocenters. The largest absolute Gasteiger partial charge is 0.495 e. The second-order valence-corrected chi connectivity index (χ2v) is 10.7. The van der Waals surface area contributed by atoms with Crippen molar-refractivity contribution in [2.75, 3.05) is 26.9 Å². The van der Waals surface area contributed by atoms with Gasteiger partial charge in [-0.05, 0) is 67.8 Å². The molecule has 41 heavy (non-hydrogen) atoms. The summed E-state index contributed by atoms with van der Waals surface area (Å²) in [6.45, 7) is 3.45. The van der Waals surface area contributed by atoms with E-state index in [1.54, 1.807) is 55.5 Å². The van der Waals surface area contributed by atoms with E-state index >= 15 is 0 Å². The van der Waals surface area contributed by atoms with Gasteiger partial charge in [-0.2, -0.15) is 0 Å². The number of carbonyl (C=O) groups excluding carboxylic acids is 2. The molecule has 4 rings (SSSR count). The summed E-state index contributed by atoms with van der Waals surface area (Å²) in [5.41, 5.74) is 0.0473. The third kappa shape index (κ3) is 6.93. The summed E-state index contributed by atoms with van der Waals surface area (Å²) in [6, 6.07) is 18.1. The summed E-state index contributed by atoms with van der Waals surface area (Å²) in [6.07, 6.45) is 0. The minimum atomic E-state index is -1.62. The van der Waals surface area contributed by atoms with Crippen molar-refractivity contribution in [3.8, 4) is 23.0 Å². The number of fused-ring (bicyclic) bond motifs is 1. The van der Waals surface area contributed by atoms with Crippen molar-refractivity contribution in [1.29, 1.82) is 0 Å². The van der Waals surface area contributed by atoms with Crippen LogP contribution in [0.3, 0.4) is 0 Å². The fourth-order valence-electron chi connectivity index (χ4n) is 3.96. The molecule has 0 aliphatic heterocycles. The molecule has 0 radical (unpaired) electrons. The zero-order valence-corrected chi connectivity index (χ0v) is 24.7. The highest BCUT2D eigenvalue weighted by Crippen LogP contribution is 2.45. The van der Waals surface area contributed by atoms with Crippen molar-refractivity contribution in [3.05, 3.63) is 82.3 Å². The SMILES string of the molecule is CCOc1cc2ccc(S(=O)c3ccccc3OC)cc2c(OC(=O)COC(=O)c2ccc(Cl)cc2Cl)c1OCC. The van der Waals surface area contributed by atoms with Gasteiger partial charge in [-0.15, -0.1) is 0 Å². The van der Waals surface area contributed by atoms with E-state index in [1.807, 2.05) is 6.92 Å². The first-order chi connectivity index (χ1) is 19.8. The quantitative estimate of drug-likeness (QED) is 0.133. The van der Waals surface area contributed by atoms with Gasteiger partial charge in [0.2, 0.25) is 5.75 Å². The smallest absolute Gasteiger partial charge is 0.349 e. The number of ether oxygens (including phenoxy) is 5. The molecule has 0 saturated heterocycles. The Bertz CT molecular complexity index is 1620. The van der Waals surface area contributed by atoms with E-state index in [1.165, 1.54) is 25.3 Å². The first-order valence-corrected chi connectivity index (χ1v) is 14.4. The summed E-state index contributed by atoms with van der Waals surface area (Å²) >= 11 is 12.0. The van der Waals surface area contributed by atoms with Crippen molar-refractivity contribution in [2.24, 2.45) is 0 Å². The number of hydrogen-bond donors (Lipinski definition) is 0. The molecule has 0 amide bonds. The van der Waals surface area contributed by atoms with Crippen LogP contribution in [-0.2, 0) is 20.3 Å². The third-order valence-electron chi connectivity index (χ3n) is 5.75. The average Bonchev–Trinajstić information content (AvgIpc) is 2.97. The van der Waals surface area contributed by atoms with Crippen LogP contribution in [0.2, 0.25) is 10.0 Å². The normalized spacial score (nSPS) is 11.5. The van der Waals surface area contributed by atoms with Crippen LogP contribution in [-0.4, -0.2) is 43.1 Å². The number of rotatable bonds is 11. The van der Waals surface area contributed by atoms with Gasteiger partial charge in [-0.1, -0.05) is 41.4 Å². The van der Waals surface area contributed by atoms with E-state index in [2.05, 4.69) is 0 Å². The van der Waals surface area contributed by atoms with E-state index < -0.39 is 29.3 Å². The molecule has 0 heterocycles. The van der Waals surface area contributed by atoms with Crippen molar-refractivity contribution >= 4 is 56.7 Å². The van der Waals surface area contributed by atoms with Crippen LogP contribution in [0.5, 0.6) is 23.0 Å². The molecule has 11 heteroatoms. The van der Waals surface area contributed by atoms with Crippen molar-refractivity contribution in [1.82, 2.24) is 0 Å². The lowest BCUT2D eigenvalue weighted by Gasteiger charge is -2.18. The van der Waals surface area contributed by atoms with E-state index in [0.717, 1.165) is 0 Å². The van der Waals surface area contributed by atoms with E-state index in [9.17, 15) is 13.8 Å². The Balaban J connectivity index is 1.71. The lowest BCUT2D eigenvalue weighted by atomic mass is 10.1. The molecule has 214 valence electrons. The van der Waals surface area contributed by atoms with Crippen LogP contribution in [0.1, 0.15) is 24.2 Å². The Labute approximate surface area is 249 Å². The maximum atomic E-state index is 13.5. The van der Waals surface area contributed by atoms with Gasteiger partial charge in [0.05, 0.1) is 46.6 Å². The fourth-order valence-corrected chi connectivity index (χ4v) is 5.65. The van der Waals surface area contributed by atoms with Crippen LogP contribution in [0.15, 0.2) is 76.5 Å². The highest BCUT2D eigenvalue weighted by Gasteiger charge is 2.23. The minimum Gasteiger partial charge on any atom is -0.495 e. The predicted octanol–water partition coefficient (Wildman–Crippen LogP) is 6.88. The van der Waals surface area contributed by atoms with Gasteiger partial charge in [-0.3, -0.25) is 0 Å². The maximum absolute atomic E-state index is 13.5. The molecule has 0 fully saturated rings. The van der Waals surface area contributed by atoms with Gasteiger partial charge in [0.1, 0.15) is 5.75 Å². The fraction of sp³-hybridized carbons (Fsp3) is 0.200. The lowest BCUT2D eigenvalue weighted by molar-refractivity contribution is -0.137. The highest BCUT2D eigenvalue weighted by molar-refractivity contribution is 7.85. The van der Waals surface area contributed by atoms with Gasteiger partial charge in [0.15, 0.2) is 18.1 Å². The molecular weight excluding hydrogens is 591 g/mol. The van der Waals surface area contributed by atoms with Crippen molar-refractivity contribution in [2.45, 2.75) is 23.6 Å². The van der Waals surface area contributed by atoms with Crippen LogP contribution in [0.4, 0.5) is 0 Å². The van der Waals surface area contributed by atoms with Crippen LogP contribution < -0.4 is 18.9 Å². The van der Waals surface area contributed by atoms with Crippen molar-refractivity contribution in [3.63, 3.8) is 0 Å². The maximum Gasteiger partial charge on any atom is 0.349 e. The highest BCUT2D eigenvalue weighted by atomic mass is 35.5. The number of para-hydroxylation sites is 1. The summed E-state index contributed by atoms with van der Waals surface area (Å²) in [4.78, 5) is 26.4. The first kappa shape index (κ1) is 30.2. The van der Waals surface area contributed by atoms with E-state index in [-0.39, 0.29) is 28.7 Å². The van der Waals surface area contributed by atoms with Crippen LogP contribution in [0, 0.1) is 0 Å². The Morgan fingerprint density at radius 2 is 1.61 bits per heavy atom. The Morgan fingerprint density at radius 1 is 0.854 bits per heavy atom.